The molecular weight excluding hydrogens is 286 g/mol. The predicted octanol–water partition coefficient (Wildman–Crippen LogP) is 2.88. The van der Waals surface area contributed by atoms with E-state index < -0.39 is 4.92 Å². The zero-order chi connectivity index (χ0) is 13.0. The fourth-order valence-electron chi connectivity index (χ4n) is 1.32. The van der Waals surface area contributed by atoms with Crippen molar-refractivity contribution in [1.82, 2.24) is 4.98 Å². The molecule has 0 bridgehead atoms. The summed E-state index contributed by atoms with van der Waals surface area (Å²) < 4.78 is 0.593. The van der Waals surface area contributed by atoms with E-state index in [0.717, 1.165) is 0 Å². The van der Waals surface area contributed by atoms with Crippen LogP contribution in [0.4, 0.5) is 11.5 Å². The van der Waals surface area contributed by atoms with Gasteiger partial charge in [0.25, 0.3) is 5.69 Å². The van der Waals surface area contributed by atoms with Gasteiger partial charge in [-0.05, 0) is 29.8 Å². The number of pyridine rings is 1. The van der Waals surface area contributed by atoms with Crippen LogP contribution in [0.2, 0.25) is 0 Å². The minimum atomic E-state index is -0.457. The highest BCUT2D eigenvalue weighted by molar-refractivity contribution is 9.10. The number of nitro groups is 1. The Morgan fingerprint density at radius 3 is 2.94 bits per heavy atom. The zero-order valence-electron chi connectivity index (χ0n) is 9.53. The minimum Gasteiger partial charge on any atom is -0.366 e. The molecule has 1 N–H and O–H groups in total. The van der Waals surface area contributed by atoms with E-state index in [-0.39, 0.29) is 11.7 Å². The molecule has 0 fully saturated rings. The molecule has 1 unspecified atom stereocenters. The maximum Gasteiger partial charge on any atom is 0.291 e. The van der Waals surface area contributed by atoms with Crippen LogP contribution in [0, 0.1) is 29.4 Å². The lowest BCUT2D eigenvalue weighted by molar-refractivity contribution is -0.385. The average molecular weight is 298 g/mol. The lowest BCUT2D eigenvalue weighted by atomic mass is 10.2. The van der Waals surface area contributed by atoms with Gasteiger partial charge < -0.3 is 5.32 Å². The van der Waals surface area contributed by atoms with Gasteiger partial charge in [0, 0.05) is 18.0 Å². The summed E-state index contributed by atoms with van der Waals surface area (Å²) >= 11 is 3.30. The standard InChI is InChI=1S/C11H12BrN3O2/c1-4-5-7(2)14-11-10(12)8(3)9(6-13-11)15(16)17/h1,6-7H,5H2,2-3H3,(H,13,14). The fraction of sp³-hybridized carbons (Fsp3) is 0.364. The van der Waals surface area contributed by atoms with Gasteiger partial charge in [-0.3, -0.25) is 10.1 Å². The number of anilines is 1. The molecule has 1 atom stereocenters. The summed E-state index contributed by atoms with van der Waals surface area (Å²) in [5.74, 6) is 3.10. The molecule has 1 rings (SSSR count). The molecule has 6 heteroatoms. The second-order valence-corrected chi connectivity index (χ2v) is 4.43. The molecule has 17 heavy (non-hydrogen) atoms. The molecule has 0 radical (unpaired) electrons. The monoisotopic (exact) mass is 297 g/mol. The van der Waals surface area contributed by atoms with Crippen LogP contribution in [0.5, 0.6) is 0 Å². The van der Waals surface area contributed by atoms with Crippen LogP contribution in [0.3, 0.4) is 0 Å². The van der Waals surface area contributed by atoms with Crippen molar-refractivity contribution in [2.75, 3.05) is 5.32 Å². The highest BCUT2D eigenvalue weighted by Crippen LogP contribution is 2.30. The number of aromatic nitrogens is 1. The molecule has 0 spiro atoms. The lowest BCUT2D eigenvalue weighted by Crippen LogP contribution is -2.16. The number of nitrogens with one attached hydrogen (secondary N) is 1. The first kappa shape index (κ1) is 13.5. The molecule has 1 aromatic rings. The van der Waals surface area contributed by atoms with E-state index in [2.05, 4.69) is 32.2 Å². The molecule has 1 aromatic heterocycles. The Morgan fingerprint density at radius 2 is 2.41 bits per heavy atom. The third-order valence-corrected chi connectivity index (χ3v) is 3.21. The summed E-state index contributed by atoms with van der Waals surface area (Å²) in [5.41, 5.74) is 0.535. The number of rotatable bonds is 4. The molecule has 0 saturated carbocycles. The maximum atomic E-state index is 10.7. The fourth-order valence-corrected chi connectivity index (χ4v) is 1.74. The van der Waals surface area contributed by atoms with Gasteiger partial charge in [-0.15, -0.1) is 12.3 Å². The predicted molar refractivity (Wildman–Crippen MR) is 69.9 cm³/mol. The first-order valence-corrected chi connectivity index (χ1v) is 5.76. The average Bonchev–Trinajstić information content (AvgIpc) is 2.25. The number of hydrogen-bond donors (Lipinski definition) is 1. The van der Waals surface area contributed by atoms with Gasteiger partial charge in [0.05, 0.1) is 9.40 Å². The van der Waals surface area contributed by atoms with Crippen LogP contribution in [0.15, 0.2) is 10.7 Å². The number of terminal acetylenes is 1. The number of hydrogen-bond acceptors (Lipinski definition) is 4. The van der Waals surface area contributed by atoms with Crippen LogP contribution in [0.1, 0.15) is 18.9 Å². The Labute approximate surface area is 108 Å². The van der Waals surface area contributed by atoms with Gasteiger partial charge >= 0.3 is 0 Å². The van der Waals surface area contributed by atoms with Crippen LogP contribution in [-0.4, -0.2) is 15.9 Å². The molecule has 0 aliphatic rings. The second-order valence-electron chi connectivity index (χ2n) is 3.64. The molecule has 1 heterocycles. The largest absolute Gasteiger partial charge is 0.366 e. The molecule has 5 nitrogen and oxygen atoms in total. The smallest absolute Gasteiger partial charge is 0.291 e. The van der Waals surface area contributed by atoms with Gasteiger partial charge in [-0.1, -0.05) is 0 Å². The molecule has 0 saturated heterocycles. The van der Waals surface area contributed by atoms with Gasteiger partial charge in [0.2, 0.25) is 0 Å². The van der Waals surface area contributed by atoms with Crippen molar-refractivity contribution in [3.63, 3.8) is 0 Å². The molecule has 0 aromatic carbocycles. The van der Waals surface area contributed by atoms with E-state index in [4.69, 9.17) is 6.42 Å². The molecule has 90 valence electrons. The van der Waals surface area contributed by atoms with Crippen LogP contribution >= 0.6 is 15.9 Å². The summed E-state index contributed by atoms with van der Waals surface area (Å²) in [6.07, 6.45) is 7.00. The Balaban J connectivity index is 3.01. The summed E-state index contributed by atoms with van der Waals surface area (Å²) in [6, 6.07) is 0.0599. The summed E-state index contributed by atoms with van der Waals surface area (Å²) in [7, 11) is 0. The Hall–Kier alpha value is -1.61. The summed E-state index contributed by atoms with van der Waals surface area (Å²) in [4.78, 5) is 14.3. The van der Waals surface area contributed by atoms with Crippen molar-refractivity contribution in [3.05, 3.63) is 26.3 Å². The van der Waals surface area contributed by atoms with Gasteiger partial charge in [0.1, 0.15) is 12.0 Å². The number of nitrogens with zero attached hydrogens (tertiary/aromatic N) is 2. The molecule has 0 aliphatic carbocycles. The quantitative estimate of drug-likeness (QED) is 0.527. The highest BCUT2D eigenvalue weighted by Gasteiger charge is 2.17. The van der Waals surface area contributed by atoms with E-state index in [9.17, 15) is 10.1 Å². The maximum absolute atomic E-state index is 10.7. The number of halogens is 1. The van der Waals surface area contributed by atoms with Gasteiger partial charge in [-0.25, -0.2) is 4.98 Å². The first-order chi connectivity index (χ1) is 7.97. The molecule has 0 aliphatic heterocycles. The van der Waals surface area contributed by atoms with Crippen molar-refractivity contribution >= 4 is 27.4 Å². The molecule has 0 amide bonds. The van der Waals surface area contributed by atoms with Crippen LogP contribution < -0.4 is 5.32 Å². The Bertz CT molecular complexity index is 482. The Morgan fingerprint density at radius 1 is 1.76 bits per heavy atom. The van der Waals surface area contributed by atoms with Gasteiger partial charge in [-0.2, -0.15) is 0 Å². The summed E-state index contributed by atoms with van der Waals surface area (Å²) in [6.45, 7) is 3.59. The Kier molecular flexibility index (Phi) is 4.46. The van der Waals surface area contributed by atoms with Crippen molar-refractivity contribution in [1.29, 1.82) is 0 Å². The van der Waals surface area contributed by atoms with Crippen LogP contribution in [0.25, 0.3) is 0 Å². The normalized spacial score (nSPS) is 11.6. The van der Waals surface area contributed by atoms with Gasteiger partial charge in [0.15, 0.2) is 0 Å². The van der Waals surface area contributed by atoms with Crippen LogP contribution in [-0.2, 0) is 0 Å². The van der Waals surface area contributed by atoms with E-state index in [0.29, 0.717) is 22.3 Å². The minimum absolute atomic E-state index is 0.00738. The topological polar surface area (TPSA) is 68.1 Å². The summed E-state index contributed by atoms with van der Waals surface area (Å²) in [5, 5.41) is 13.8. The lowest BCUT2D eigenvalue weighted by Gasteiger charge is -2.13. The molecular formula is C11H12BrN3O2. The van der Waals surface area contributed by atoms with E-state index in [1.165, 1.54) is 6.20 Å². The third-order valence-electron chi connectivity index (χ3n) is 2.24. The van der Waals surface area contributed by atoms with E-state index in [1.54, 1.807) is 6.92 Å². The highest BCUT2D eigenvalue weighted by atomic mass is 79.9. The van der Waals surface area contributed by atoms with Crippen molar-refractivity contribution in [2.45, 2.75) is 26.3 Å². The van der Waals surface area contributed by atoms with Crippen molar-refractivity contribution < 1.29 is 4.92 Å². The van der Waals surface area contributed by atoms with Crippen molar-refractivity contribution in [2.24, 2.45) is 0 Å². The van der Waals surface area contributed by atoms with E-state index in [1.807, 2.05) is 6.92 Å². The zero-order valence-corrected chi connectivity index (χ0v) is 11.1. The van der Waals surface area contributed by atoms with E-state index >= 15 is 0 Å². The first-order valence-electron chi connectivity index (χ1n) is 4.96. The second kappa shape index (κ2) is 5.64. The third kappa shape index (κ3) is 3.17. The van der Waals surface area contributed by atoms with Crippen molar-refractivity contribution in [3.8, 4) is 12.3 Å². The SMILES string of the molecule is C#CCC(C)Nc1ncc([N+](=O)[O-])c(C)c1Br.